The van der Waals surface area contributed by atoms with Gasteiger partial charge in [-0.2, -0.15) is 5.10 Å². The summed E-state index contributed by atoms with van der Waals surface area (Å²) in [7, 11) is -1.01. The lowest BCUT2D eigenvalue weighted by atomic mass is 9.97. The van der Waals surface area contributed by atoms with Gasteiger partial charge in [0.15, 0.2) is 0 Å². The van der Waals surface area contributed by atoms with Gasteiger partial charge in [-0.25, -0.2) is 9.78 Å². The molecule has 1 saturated heterocycles. The van der Waals surface area contributed by atoms with Crippen molar-refractivity contribution in [3.05, 3.63) is 36.9 Å². The number of carbonyl (C=O) groups excluding carboxylic acids is 1. The van der Waals surface area contributed by atoms with Crippen LogP contribution in [0.5, 0.6) is 0 Å². The van der Waals surface area contributed by atoms with E-state index >= 15 is 0 Å². The highest BCUT2D eigenvalue weighted by atomic mass is 32.2. The van der Waals surface area contributed by atoms with Crippen LogP contribution >= 0.6 is 0 Å². The Balaban J connectivity index is 1.49. The molecule has 0 spiro atoms. The van der Waals surface area contributed by atoms with Crippen LogP contribution in [0.4, 0.5) is 10.5 Å². The lowest BCUT2D eigenvalue weighted by molar-refractivity contribution is 0.175. The molecule has 1 aliphatic rings. The summed E-state index contributed by atoms with van der Waals surface area (Å²) in [5.41, 5.74) is 0.721. The van der Waals surface area contributed by atoms with Crippen LogP contribution in [0.1, 0.15) is 12.8 Å². The average molecular weight is 347 g/mol. The molecule has 1 N–H and O–H groups in total. The predicted molar refractivity (Wildman–Crippen MR) is 92.1 cm³/mol. The molecule has 1 fully saturated rings. The van der Waals surface area contributed by atoms with E-state index in [9.17, 15) is 9.00 Å². The number of carbonyl (C=O) groups is 1. The summed E-state index contributed by atoms with van der Waals surface area (Å²) in [6.07, 6.45) is 6.83. The van der Waals surface area contributed by atoms with Crippen molar-refractivity contribution in [3.8, 4) is 0 Å². The molecular weight excluding hydrogens is 326 g/mol. The zero-order chi connectivity index (χ0) is 16.9. The number of piperidine rings is 1. The van der Waals surface area contributed by atoms with Crippen LogP contribution in [-0.2, 0) is 17.3 Å². The third-order valence-electron chi connectivity index (χ3n) is 4.25. The van der Waals surface area contributed by atoms with Gasteiger partial charge in [-0.15, -0.1) is 0 Å². The van der Waals surface area contributed by atoms with Gasteiger partial charge in [0.25, 0.3) is 0 Å². The van der Waals surface area contributed by atoms with Crippen molar-refractivity contribution < 1.29 is 9.00 Å². The van der Waals surface area contributed by atoms with Gasteiger partial charge in [-0.1, -0.05) is 0 Å². The van der Waals surface area contributed by atoms with Gasteiger partial charge >= 0.3 is 6.03 Å². The van der Waals surface area contributed by atoms with E-state index in [4.69, 9.17) is 0 Å². The molecule has 2 heterocycles. The first-order chi connectivity index (χ1) is 11.6. The summed E-state index contributed by atoms with van der Waals surface area (Å²) < 4.78 is 13.2. The number of amides is 2. The third-order valence-corrected chi connectivity index (χ3v) is 5.19. The Morgan fingerprint density at radius 1 is 1.29 bits per heavy atom. The monoisotopic (exact) mass is 347 g/mol. The molecule has 1 aromatic heterocycles. The summed E-state index contributed by atoms with van der Waals surface area (Å²) in [5.74, 6) is 0.523. The van der Waals surface area contributed by atoms with Crippen LogP contribution in [-0.4, -0.2) is 49.2 Å². The second kappa shape index (κ2) is 7.57. The molecule has 0 radical (unpaired) electrons. The molecule has 7 nitrogen and oxygen atoms in total. The Labute approximate surface area is 143 Å². The fourth-order valence-corrected chi connectivity index (χ4v) is 3.36. The minimum atomic E-state index is -1.01. The Morgan fingerprint density at radius 3 is 2.58 bits per heavy atom. The van der Waals surface area contributed by atoms with Crippen LogP contribution < -0.4 is 5.32 Å². The molecule has 0 bridgehead atoms. The van der Waals surface area contributed by atoms with E-state index in [2.05, 4.69) is 15.4 Å². The SMILES string of the molecule is C[S@](=O)c1ccc(NC(=O)N2CCC(Cn3cncn3)CC2)cc1. The molecule has 1 aromatic carbocycles. The second-order valence-electron chi connectivity index (χ2n) is 5.96. The van der Waals surface area contributed by atoms with Crippen LogP contribution in [0.15, 0.2) is 41.8 Å². The van der Waals surface area contributed by atoms with Gasteiger partial charge in [-0.3, -0.25) is 8.89 Å². The molecular formula is C16H21N5O2S. The number of hydrogen-bond donors (Lipinski definition) is 1. The molecule has 3 rings (SSSR count). The summed E-state index contributed by atoms with van der Waals surface area (Å²) in [5, 5.41) is 7.03. The maximum atomic E-state index is 12.3. The normalized spacial score (nSPS) is 16.8. The number of aromatic nitrogens is 3. The quantitative estimate of drug-likeness (QED) is 0.917. The standard InChI is InChI=1S/C16H21N5O2S/c1-24(23)15-4-2-14(3-5-15)19-16(22)20-8-6-13(7-9-20)10-21-12-17-11-18-21/h2-5,11-13H,6-10H2,1H3,(H,19,22)/t24-/m0/s1. The predicted octanol–water partition coefficient (Wildman–Crippen LogP) is 1.96. The van der Waals surface area contributed by atoms with Crippen LogP contribution in [0.25, 0.3) is 0 Å². The Hall–Kier alpha value is -2.22. The zero-order valence-corrected chi connectivity index (χ0v) is 14.4. The first kappa shape index (κ1) is 16.6. The Morgan fingerprint density at radius 2 is 2.00 bits per heavy atom. The van der Waals surface area contributed by atoms with Crippen molar-refractivity contribution >= 4 is 22.5 Å². The maximum absolute atomic E-state index is 12.3. The number of nitrogens with one attached hydrogen (secondary N) is 1. The average Bonchev–Trinajstić information content (AvgIpc) is 3.09. The fraction of sp³-hybridized carbons (Fsp3) is 0.438. The number of nitrogens with zero attached hydrogens (tertiary/aromatic N) is 4. The van der Waals surface area contributed by atoms with Gasteiger partial charge < -0.3 is 10.2 Å². The number of urea groups is 1. The molecule has 2 amide bonds. The Kier molecular flexibility index (Phi) is 5.24. The maximum Gasteiger partial charge on any atom is 0.321 e. The minimum Gasteiger partial charge on any atom is -0.325 e. The largest absolute Gasteiger partial charge is 0.325 e. The fourth-order valence-electron chi connectivity index (χ4n) is 2.84. The summed E-state index contributed by atoms with van der Waals surface area (Å²) in [6.45, 7) is 2.33. The van der Waals surface area contributed by atoms with Crippen molar-refractivity contribution in [2.45, 2.75) is 24.3 Å². The molecule has 0 aliphatic carbocycles. The van der Waals surface area contributed by atoms with E-state index in [1.807, 2.05) is 9.58 Å². The molecule has 128 valence electrons. The van der Waals surface area contributed by atoms with E-state index in [0.29, 0.717) is 5.92 Å². The molecule has 2 aromatic rings. The Bertz CT molecular complexity index is 694. The van der Waals surface area contributed by atoms with Crippen molar-refractivity contribution in [1.82, 2.24) is 19.7 Å². The van der Waals surface area contributed by atoms with E-state index in [1.165, 1.54) is 0 Å². The topological polar surface area (TPSA) is 80.1 Å². The molecule has 8 heteroatoms. The highest BCUT2D eigenvalue weighted by Crippen LogP contribution is 2.20. The second-order valence-corrected chi connectivity index (χ2v) is 7.34. The van der Waals surface area contributed by atoms with Crippen LogP contribution in [0.3, 0.4) is 0 Å². The van der Waals surface area contributed by atoms with Crippen LogP contribution in [0, 0.1) is 5.92 Å². The van der Waals surface area contributed by atoms with Crippen molar-refractivity contribution in [2.24, 2.45) is 5.92 Å². The molecule has 0 unspecified atom stereocenters. The lowest BCUT2D eigenvalue weighted by Crippen LogP contribution is -2.41. The minimum absolute atomic E-state index is 0.0837. The number of rotatable bonds is 4. The molecule has 0 saturated carbocycles. The van der Waals surface area contributed by atoms with E-state index in [1.54, 1.807) is 43.2 Å². The third kappa shape index (κ3) is 4.19. The summed E-state index contributed by atoms with van der Waals surface area (Å²) >= 11 is 0. The first-order valence-electron chi connectivity index (χ1n) is 7.93. The molecule has 1 atom stereocenters. The lowest BCUT2D eigenvalue weighted by Gasteiger charge is -2.31. The first-order valence-corrected chi connectivity index (χ1v) is 9.49. The van der Waals surface area contributed by atoms with Crippen molar-refractivity contribution in [1.29, 1.82) is 0 Å². The molecule has 24 heavy (non-hydrogen) atoms. The van der Waals surface area contributed by atoms with Gasteiger partial charge in [0, 0.05) is 47.3 Å². The number of likely N-dealkylation sites (tertiary alicyclic amines) is 1. The highest BCUT2D eigenvalue weighted by molar-refractivity contribution is 7.84. The van der Waals surface area contributed by atoms with Gasteiger partial charge in [0.05, 0.1) is 0 Å². The number of hydrogen-bond acceptors (Lipinski definition) is 4. The van der Waals surface area contributed by atoms with Gasteiger partial charge in [-0.05, 0) is 43.0 Å². The van der Waals surface area contributed by atoms with E-state index in [-0.39, 0.29) is 6.03 Å². The smallest absolute Gasteiger partial charge is 0.321 e. The van der Waals surface area contributed by atoms with E-state index in [0.717, 1.165) is 43.1 Å². The number of anilines is 1. The number of benzene rings is 1. The summed E-state index contributed by atoms with van der Waals surface area (Å²) in [6, 6.07) is 7.03. The molecule has 1 aliphatic heterocycles. The highest BCUT2D eigenvalue weighted by Gasteiger charge is 2.23. The van der Waals surface area contributed by atoms with Crippen LogP contribution in [0.2, 0.25) is 0 Å². The van der Waals surface area contributed by atoms with E-state index < -0.39 is 10.8 Å². The van der Waals surface area contributed by atoms with Gasteiger partial charge in [0.2, 0.25) is 0 Å². The van der Waals surface area contributed by atoms with Crippen molar-refractivity contribution in [2.75, 3.05) is 24.7 Å². The summed E-state index contributed by atoms with van der Waals surface area (Å²) in [4.78, 5) is 18.9. The van der Waals surface area contributed by atoms with Crippen molar-refractivity contribution in [3.63, 3.8) is 0 Å². The zero-order valence-electron chi connectivity index (χ0n) is 13.6. The van der Waals surface area contributed by atoms with Gasteiger partial charge in [0.1, 0.15) is 12.7 Å².